The van der Waals surface area contributed by atoms with Crippen LogP contribution in [0.15, 0.2) is 84.9 Å². The lowest BCUT2D eigenvalue weighted by Crippen LogP contribution is -2.31. The molecule has 4 rings (SSSR count). The Balaban J connectivity index is 1.41. The molecule has 0 aromatic heterocycles. The number of aliphatic hydroxyl groups is 1. The van der Waals surface area contributed by atoms with Gasteiger partial charge >= 0.3 is 11.9 Å². The van der Waals surface area contributed by atoms with Crippen molar-refractivity contribution < 1.29 is 63.2 Å². The van der Waals surface area contributed by atoms with Gasteiger partial charge in [-0.25, -0.2) is 9.59 Å². The molecule has 280 valence electrons. The summed E-state index contributed by atoms with van der Waals surface area (Å²) in [6.07, 6.45) is 4.10. The first-order valence-corrected chi connectivity index (χ1v) is 16.4. The van der Waals surface area contributed by atoms with Crippen molar-refractivity contribution in [3.63, 3.8) is 0 Å². The number of aromatic hydroxyl groups is 3. The van der Waals surface area contributed by atoms with Crippen LogP contribution < -0.4 is 23.7 Å². The van der Waals surface area contributed by atoms with Crippen molar-refractivity contribution >= 4 is 24.1 Å². The molecule has 13 heteroatoms. The van der Waals surface area contributed by atoms with E-state index in [0.717, 1.165) is 5.56 Å². The summed E-state index contributed by atoms with van der Waals surface area (Å²) in [5, 5.41) is 41.0. The first kappa shape index (κ1) is 39.4. The molecule has 4 N–H and O–H groups in total. The molecular weight excluding hydrogens is 688 g/mol. The normalized spacial score (nSPS) is 12.2. The minimum absolute atomic E-state index is 0.00410. The summed E-state index contributed by atoms with van der Waals surface area (Å²) < 4.78 is 37.9. The zero-order valence-corrected chi connectivity index (χ0v) is 29.7. The van der Waals surface area contributed by atoms with Gasteiger partial charge in [0, 0.05) is 12.2 Å². The Labute approximate surface area is 306 Å². The van der Waals surface area contributed by atoms with Gasteiger partial charge in [0.05, 0.1) is 35.0 Å². The zero-order chi connectivity index (χ0) is 38.3. The summed E-state index contributed by atoms with van der Waals surface area (Å²) in [7, 11) is 5.69. The number of ether oxygens (including phenoxy) is 7. The van der Waals surface area contributed by atoms with Gasteiger partial charge in [0.25, 0.3) is 0 Å². The smallest absolute Gasteiger partial charge is 0.330 e. The molecule has 4 aromatic carbocycles. The molecule has 0 aliphatic carbocycles. The third kappa shape index (κ3) is 11.3. The van der Waals surface area contributed by atoms with Crippen molar-refractivity contribution in [3.05, 3.63) is 107 Å². The number of hydrogen-bond acceptors (Lipinski definition) is 13. The van der Waals surface area contributed by atoms with Crippen molar-refractivity contribution in [2.45, 2.75) is 25.0 Å². The lowest BCUT2D eigenvalue weighted by atomic mass is 10.0. The average molecular weight is 731 g/mol. The lowest BCUT2D eigenvalue weighted by molar-refractivity contribution is -0.142. The third-order valence-corrected chi connectivity index (χ3v) is 7.88. The zero-order valence-electron chi connectivity index (χ0n) is 29.7. The van der Waals surface area contributed by atoms with Gasteiger partial charge in [-0.05, 0) is 95.8 Å². The highest BCUT2D eigenvalue weighted by molar-refractivity contribution is 5.87. The number of aliphatic hydroxyl groups excluding tert-OH is 1. The van der Waals surface area contributed by atoms with E-state index in [2.05, 4.69) is 0 Å². The first-order chi connectivity index (χ1) is 25.5. The van der Waals surface area contributed by atoms with E-state index in [9.17, 15) is 30.0 Å². The van der Waals surface area contributed by atoms with Crippen LogP contribution in [0.3, 0.4) is 0 Å². The Bertz CT molecular complexity index is 1920. The van der Waals surface area contributed by atoms with Crippen molar-refractivity contribution in [3.8, 4) is 46.0 Å². The Hall–Kier alpha value is -6.34. The van der Waals surface area contributed by atoms with Crippen LogP contribution in [0, 0.1) is 0 Å². The summed E-state index contributed by atoms with van der Waals surface area (Å²) in [6.45, 7) is -0.218. The van der Waals surface area contributed by atoms with E-state index < -0.39 is 24.1 Å². The predicted octanol–water partition coefficient (Wildman–Crippen LogP) is 5.76. The number of carbonyl (C=O) groups is 2. The summed E-state index contributed by atoms with van der Waals surface area (Å²) >= 11 is 0. The summed E-state index contributed by atoms with van der Waals surface area (Å²) in [5.74, 6) is -0.151. The van der Waals surface area contributed by atoms with Crippen molar-refractivity contribution in [1.29, 1.82) is 0 Å². The van der Waals surface area contributed by atoms with Gasteiger partial charge in [-0.1, -0.05) is 24.3 Å². The maximum Gasteiger partial charge on any atom is 0.330 e. The molecule has 53 heavy (non-hydrogen) atoms. The second-order valence-electron chi connectivity index (χ2n) is 11.4. The van der Waals surface area contributed by atoms with E-state index in [1.807, 2.05) is 0 Å². The molecule has 0 aliphatic heterocycles. The SMILES string of the molecule is COc1cc(/C=C/C(=O)OCCCc2ccc(O[C@@H](COC(=O)/C=C/c3ccc(O)c(OC)c3)[C@@H](O)c3ccc(O)c(OC)c3)c(OC)c2)ccc1O. The number of hydrogen-bond donors (Lipinski definition) is 4. The fourth-order valence-corrected chi connectivity index (χ4v) is 5.04. The lowest BCUT2D eigenvalue weighted by Gasteiger charge is -2.25. The van der Waals surface area contributed by atoms with Crippen molar-refractivity contribution in [2.24, 2.45) is 0 Å². The number of rotatable bonds is 18. The molecule has 0 radical (unpaired) electrons. The van der Waals surface area contributed by atoms with E-state index in [1.54, 1.807) is 48.5 Å². The molecule has 0 fully saturated rings. The number of phenolic OH excluding ortho intramolecular Hbond substituents is 3. The second-order valence-corrected chi connectivity index (χ2v) is 11.4. The topological polar surface area (TPSA) is 180 Å². The van der Waals surface area contributed by atoms with Crippen LogP contribution in [0.2, 0.25) is 0 Å². The first-order valence-electron chi connectivity index (χ1n) is 16.4. The molecule has 4 aromatic rings. The largest absolute Gasteiger partial charge is 0.504 e. The number of aryl methyl sites for hydroxylation is 1. The standard InChI is InChI=1S/C40H42O13/c1-47-33-20-26(7-13-29(33)41)10-17-38(44)51-19-5-6-25-9-16-32(36(22-25)50-4)53-37(40(46)28-12-15-31(43)35(23-28)49-3)24-52-39(45)18-11-27-8-14-30(42)34(21-27)48-2/h7-18,20-23,37,40-43,46H,5-6,19,24H2,1-4H3/b17-10+,18-11+/t37-,40-/m0/s1. The average Bonchev–Trinajstić information content (AvgIpc) is 3.17. The molecule has 0 unspecified atom stereocenters. The summed E-state index contributed by atoms with van der Waals surface area (Å²) in [5.41, 5.74) is 2.42. The van der Waals surface area contributed by atoms with Crippen LogP contribution in [0.25, 0.3) is 12.2 Å². The fourth-order valence-electron chi connectivity index (χ4n) is 5.04. The second kappa shape index (κ2) is 19.3. The van der Waals surface area contributed by atoms with Gasteiger partial charge in [0.2, 0.25) is 0 Å². The number of carbonyl (C=O) groups excluding carboxylic acids is 2. The van der Waals surface area contributed by atoms with Gasteiger partial charge in [-0.15, -0.1) is 0 Å². The molecule has 0 saturated heterocycles. The highest BCUT2D eigenvalue weighted by Gasteiger charge is 2.27. The molecule has 0 heterocycles. The monoisotopic (exact) mass is 730 g/mol. The Morgan fingerprint density at radius 3 is 1.72 bits per heavy atom. The van der Waals surface area contributed by atoms with Crippen LogP contribution in [0.1, 0.15) is 34.8 Å². The van der Waals surface area contributed by atoms with Crippen molar-refractivity contribution in [1.82, 2.24) is 0 Å². The molecule has 0 spiro atoms. The van der Waals surface area contributed by atoms with Gasteiger partial charge in [-0.2, -0.15) is 0 Å². The van der Waals surface area contributed by atoms with Crippen LogP contribution in [0.5, 0.6) is 46.0 Å². The molecule has 0 aliphatic rings. The maximum atomic E-state index is 12.7. The van der Waals surface area contributed by atoms with E-state index in [4.69, 9.17) is 33.2 Å². The fraction of sp³-hybridized carbons (Fsp3) is 0.250. The number of methoxy groups -OCH3 is 4. The van der Waals surface area contributed by atoms with E-state index in [-0.39, 0.29) is 53.5 Å². The minimum atomic E-state index is -1.34. The van der Waals surface area contributed by atoms with E-state index in [0.29, 0.717) is 35.3 Å². The van der Waals surface area contributed by atoms with Crippen LogP contribution in [-0.2, 0) is 25.5 Å². The van der Waals surface area contributed by atoms with Gasteiger partial charge in [0.15, 0.2) is 52.1 Å². The molecule has 13 nitrogen and oxygen atoms in total. The molecule has 0 bridgehead atoms. The van der Waals surface area contributed by atoms with E-state index in [1.165, 1.54) is 77.0 Å². The summed E-state index contributed by atoms with van der Waals surface area (Å²) in [4.78, 5) is 24.9. The quantitative estimate of drug-likeness (QED) is 0.0552. The number of phenols is 3. The van der Waals surface area contributed by atoms with Crippen LogP contribution in [-0.4, -0.2) is 80.1 Å². The maximum absolute atomic E-state index is 12.7. The molecule has 0 amide bonds. The number of esters is 2. The van der Waals surface area contributed by atoms with Gasteiger partial charge in [0.1, 0.15) is 12.7 Å². The predicted molar refractivity (Wildman–Crippen MR) is 195 cm³/mol. The van der Waals surface area contributed by atoms with Crippen molar-refractivity contribution in [2.75, 3.05) is 41.7 Å². The van der Waals surface area contributed by atoms with Crippen LogP contribution >= 0.6 is 0 Å². The Morgan fingerprint density at radius 2 is 1.15 bits per heavy atom. The van der Waals surface area contributed by atoms with E-state index >= 15 is 0 Å². The van der Waals surface area contributed by atoms with Crippen LogP contribution in [0.4, 0.5) is 0 Å². The highest BCUT2D eigenvalue weighted by Crippen LogP contribution is 2.35. The Morgan fingerprint density at radius 1 is 0.623 bits per heavy atom. The van der Waals surface area contributed by atoms with Gasteiger partial charge < -0.3 is 53.6 Å². The third-order valence-electron chi connectivity index (χ3n) is 7.88. The molecule has 2 atom stereocenters. The Kier molecular flexibility index (Phi) is 14.4. The van der Waals surface area contributed by atoms with Gasteiger partial charge in [-0.3, -0.25) is 0 Å². The minimum Gasteiger partial charge on any atom is -0.504 e. The number of benzene rings is 4. The highest BCUT2D eigenvalue weighted by atomic mass is 16.6. The molecular formula is C40H42O13. The summed E-state index contributed by atoms with van der Waals surface area (Å²) in [6, 6.07) is 18.8. The molecule has 0 saturated carbocycles.